The fraction of sp³-hybridized carbons (Fsp3) is 0.0667. The summed E-state index contributed by atoms with van der Waals surface area (Å²) < 4.78 is 5.20. The average molecular weight is 287 g/mol. The smallest absolute Gasteiger partial charge is 0.258 e. The van der Waals surface area contributed by atoms with Crippen LogP contribution in [0.15, 0.2) is 53.1 Å². The van der Waals surface area contributed by atoms with Crippen molar-refractivity contribution in [3.8, 4) is 17.2 Å². The van der Waals surface area contributed by atoms with Crippen LogP contribution in [0.4, 0.5) is 0 Å². The van der Waals surface area contributed by atoms with Crippen LogP contribution in [0.3, 0.4) is 0 Å². The molecule has 3 aromatic rings. The van der Waals surface area contributed by atoms with E-state index in [0.29, 0.717) is 28.7 Å². The lowest BCUT2D eigenvalue weighted by Gasteiger charge is -1.97. The van der Waals surface area contributed by atoms with Crippen molar-refractivity contribution >= 4 is 11.6 Å². The molecule has 100 valence electrons. The Morgan fingerprint density at radius 1 is 1.10 bits per heavy atom. The van der Waals surface area contributed by atoms with E-state index in [2.05, 4.69) is 10.1 Å². The Kier molecular flexibility index (Phi) is 3.39. The molecule has 0 aliphatic carbocycles. The number of aromatic nitrogens is 2. The van der Waals surface area contributed by atoms with E-state index >= 15 is 0 Å². The summed E-state index contributed by atoms with van der Waals surface area (Å²) in [4.78, 5) is 4.31. The van der Waals surface area contributed by atoms with Gasteiger partial charge in [-0.2, -0.15) is 4.98 Å². The molecule has 0 radical (unpaired) electrons. The molecule has 1 heterocycles. The van der Waals surface area contributed by atoms with Crippen LogP contribution in [0, 0.1) is 0 Å². The Balaban J connectivity index is 1.84. The number of phenols is 1. The van der Waals surface area contributed by atoms with Crippen LogP contribution < -0.4 is 0 Å². The van der Waals surface area contributed by atoms with Crippen molar-refractivity contribution in [2.24, 2.45) is 0 Å². The predicted molar refractivity (Wildman–Crippen MR) is 75.7 cm³/mol. The molecule has 1 aromatic heterocycles. The van der Waals surface area contributed by atoms with Crippen molar-refractivity contribution in [1.82, 2.24) is 10.1 Å². The monoisotopic (exact) mass is 286 g/mol. The van der Waals surface area contributed by atoms with Crippen LogP contribution in [-0.4, -0.2) is 15.2 Å². The molecule has 3 rings (SSSR count). The third kappa shape index (κ3) is 2.81. The number of rotatable bonds is 3. The van der Waals surface area contributed by atoms with Crippen molar-refractivity contribution in [3.05, 3.63) is 64.9 Å². The van der Waals surface area contributed by atoms with Crippen LogP contribution in [0.2, 0.25) is 5.02 Å². The predicted octanol–water partition coefficient (Wildman–Crippen LogP) is 3.69. The van der Waals surface area contributed by atoms with Gasteiger partial charge in [0.15, 0.2) is 5.82 Å². The van der Waals surface area contributed by atoms with Gasteiger partial charge in [-0.15, -0.1) is 0 Å². The van der Waals surface area contributed by atoms with E-state index < -0.39 is 0 Å². The summed E-state index contributed by atoms with van der Waals surface area (Å²) in [5.74, 6) is 1.13. The third-order valence-electron chi connectivity index (χ3n) is 2.81. The molecule has 0 saturated heterocycles. The van der Waals surface area contributed by atoms with E-state index in [0.717, 1.165) is 5.56 Å². The maximum atomic E-state index is 9.44. The molecule has 20 heavy (non-hydrogen) atoms. The van der Waals surface area contributed by atoms with Crippen LogP contribution in [0.1, 0.15) is 11.4 Å². The Morgan fingerprint density at radius 3 is 2.75 bits per heavy atom. The molecule has 0 aliphatic heterocycles. The first-order valence-electron chi connectivity index (χ1n) is 6.07. The molecule has 0 aliphatic rings. The molecule has 0 bridgehead atoms. The maximum Gasteiger partial charge on any atom is 0.258 e. The number of nitrogens with zero attached hydrogens (tertiary/aromatic N) is 2. The second-order valence-corrected chi connectivity index (χ2v) is 4.81. The summed E-state index contributed by atoms with van der Waals surface area (Å²) in [5, 5.41) is 14.1. The van der Waals surface area contributed by atoms with Crippen molar-refractivity contribution in [1.29, 1.82) is 0 Å². The lowest BCUT2D eigenvalue weighted by molar-refractivity contribution is 0.423. The lowest BCUT2D eigenvalue weighted by Crippen LogP contribution is -1.90. The van der Waals surface area contributed by atoms with Gasteiger partial charge in [0.2, 0.25) is 0 Å². The summed E-state index contributed by atoms with van der Waals surface area (Å²) in [5.41, 5.74) is 1.70. The first kappa shape index (κ1) is 12.7. The summed E-state index contributed by atoms with van der Waals surface area (Å²) in [6.07, 6.45) is 0.545. The number of halogens is 1. The SMILES string of the molecule is Oc1cccc(-c2nc(Cc3cccc(Cl)c3)no2)c1. The van der Waals surface area contributed by atoms with Crippen LogP contribution in [0.5, 0.6) is 5.75 Å². The van der Waals surface area contributed by atoms with Crippen LogP contribution in [0.25, 0.3) is 11.5 Å². The summed E-state index contributed by atoms with van der Waals surface area (Å²) in [6, 6.07) is 14.2. The number of benzene rings is 2. The van der Waals surface area contributed by atoms with Crippen molar-refractivity contribution in [3.63, 3.8) is 0 Å². The lowest BCUT2D eigenvalue weighted by atomic mass is 10.1. The fourth-order valence-corrected chi connectivity index (χ4v) is 2.12. The Hall–Kier alpha value is -2.33. The standard InChI is InChI=1S/C15H11ClN2O2/c16-12-5-1-3-10(7-12)8-14-17-15(20-18-14)11-4-2-6-13(19)9-11/h1-7,9,19H,8H2. The van der Waals surface area contributed by atoms with Crippen molar-refractivity contribution in [2.75, 3.05) is 0 Å². The number of hydrogen-bond donors (Lipinski definition) is 1. The minimum Gasteiger partial charge on any atom is -0.508 e. The third-order valence-corrected chi connectivity index (χ3v) is 3.05. The summed E-state index contributed by atoms with van der Waals surface area (Å²) >= 11 is 5.94. The number of aromatic hydroxyl groups is 1. The molecule has 2 aromatic carbocycles. The topological polar surface area (TPSA) is 59.2 Å². The van der Waals surface area contributed by atoms with Crippen LogP contribution >= 0.6 is 11.6 Å². The second-order valence-electron chi connectivity index (χ2n) is 4.37. The number of hydrogen-bond acceptors (Lipinski definition) is 4. The molecule has 0 fully saturated rings. The molecule has 1 N–H and O–H groups in total. The molecule has 4 nitrogen and oxygen atoms in total. The Morgan fingerprint density at radius 2 is 1.95 bits per heavy atom. The molecule has 0 atom stereocenters. The van der Waals surface area contributed by atoms with Crippen molar-refractivity contribution < 1.29 is 9.63 Å². The van der Waals surface area contributed by atoms with Gasteiger partial charge in [0.1, 0.15) is 5.75 Å². The van der Waals surface area contributed by atoms with Gasteiger partial charge in [0.25, 0.3) is 5.89 Å². The van der Waals surface area contributed by atoms with E-state index in [1.807, 2.05) is 24.3 Å². The Labute approximate surface area is 120 Å². The zero-order chi connectivity index (χ0) is 13.9. The van der Waals surface area contributed by atoms with Gasteiger partial charge in [0, 0.05) is 17.0 Å². The second kappa shape index (κ2) is 5.35. The van der Waals surface area contributed by atoms with Gasteiger partial charge in [-0.3, -0.25) is 0 Å². The highest BCUT2D eigenvalue weighted by Gasteiger charge is 2.10. The molecule has 5 heteroatoms. The molecular formula is C15H11ClN2O2. The highest BCUT2D eigenvalue weighted by molar-refractivity contribution is 6.30. The molecule has 0 saturated carbocycles. The summed E-state index contributed by atoms with van der Waals surface area (Å²) in [7, 11) is 0. The van der Waals surface area contributed by atoms with Gasteiger partial charge in [-0.05, 0) is 35.9 Å². The normalized spacial score (nSPS) is 10.7. The first-order valence-corrected chi connectivity index (χ1v) is 6.45. The van der Waals surface area contributed by atoms with E-state index in [4.69, 9.17) is 16.1 Å². The molecule has 0 amide bonds. The zero-order valence-corrected chi connectivity index (χ0v) is 11.2. The largest absolute Gasteiger partial charge is 0.508 e. The molecule has 0 spiro atoms. The van der Waals surface area contributed by atoms with E-state index in [-0.39, 0.29) is 5.75 Å². The van der Waals surface area contributed by atoms with Gasteiger partial charge < -0.3 is 9.63 Å². The summed E-state index contributed by atoms with van der Waals surface area (Å²) in [6.45, 7) is 0. The Bertz CT molecular complexity index is 740. The fourth-order valence-electron chi connectivity index (χ4n) is 1.91. The first-order chi connectivity index (χ1) is 9.70. The van der Waals surface area contributed by atoms with Gasteiger partial charge in [0.05, 0.1) is 0 Å². The van der Waals surface area contributed by atoms with Crippen molar-refractivity contribution in [2.45, 2.75) is 6.42 Å². The van der Waals surface area contributed by atoms with E-state index in [1.165, 1.54) is 0 Å². The van der Waals surface area contributed by atoms with Gasteiger partial charge in [-0.25, -0.2) is 0 Å². The molecule has 0 unspecified atom stereocenters. The minimum absolute atomic E-state index is 0.164. The quantitative estimate of drug-likeness (QED) is 0.798. The van der Waals surface area contributed by atoms with E-state index in [9.17, 15) is 5.11 Å². The highest BCUT2D eigenvalue weighted by Crippen LogP contribution is 2.22. The molecular weight excluding hydrogens is 276 g/mol. The maximum absolute atomic E-state index is 9.44. The zero-order valence-electron chi connectivity index (χ0n) is 10.5. The number of phenolic OH excluding ortho intramolecular Hbond substituents is 1. The van der Waals surface area contributed by atoms with E-state index in [1.54, 1.807) is 24.3 Å². The highest BCUT2D eigenvalue weighted by atomic mass is 35.5. The van der Waals surface area contributed by atoms with Crippen LogP contribution in [-0.2, 0) is 6.42 Å². The van der Waals surface area contributed by atoms with Gasteiger partial charge >= 0.3 is 0 Å². The average Bonchev–Trinajstić information content (AvgIpc) is 2.87. The minimum atomic E-state index is 0.164. The van der Waals surface area contributed by atoms with Gasteiger partial charge in [-0.1, -0.05) is 35.0 Å².